The minimum Gasteiger partial charge on any atom is -0.478 e. The van der Waals surface area contributed by atoms with Gasteiger partial charge in [0.1, 0.15) is 0 Å². The number of hydrogen-bond acceptors (Lipinski definition) is 3. The summed E-state index contributed by atoms with van der Waals surface area (Å²) < 4.78 is 0. The van der Waals surface area contributed by atoms with E-state index in [0.717, 1.165) is 24.9 Å². The number of nitrogens with one attached hydrogen (secondary N) is 1. The summed E-state index contributed by atoms with van der Waals surface area (Å²) in [5, 5.41) is 14.9. The van der Waals surface area contributed by atoms with Crippen LogP contribution in [0.2, 0.25) is 0 Å². The molecule has 0 bridgehead atoms. The largest absolute Gasteiger partial charge is 0.478 e. The predicted molar refractivity (Wildman–Crippen MR) is 89.7 cm³/mol. The Bertz CT molecular complexity index is 630. The first kappa shape index (κ1) is 15.1. The Hall–Kier alpha value is -1.81. The van der Waals surface area contributed by atoms with Crippen molar-refractivity contribution in [3.63, 3.8) is 0 Å². The Morgan fingerprint density at radius 2 is 2.14 bits per heavy atom. The van der Waals surface area contributed by atoms with Crippen LogP contribution in [0.5, 0.6) is 0 Å². The molecule has 3 rings (SSSR count). The highest BCUT2D eigenvalue weighted by Crippen LogP contribution is 2.35. The molecule has 1 aliphatic rings. The van der Waals surface area contributed by atoms with Crippen LogP contribution in [0, 0.1) is 6.07 Å². The smallest absolute Gasteiger partial charge is 0.335 e. The lowest BCUT2D eigenvalue weighted by Crippen LogP contribution is -2.42. The number of benzene rings is 1. The van der Waals surface area contributed by atoms with Crippen LogP contribution in [-0.2, 0) is 6.42 Å². The van der Waals surface area contributed by atoms with Crippen LogP contribution in [0.3, 0.4) is 0 Å². The highest BCUT2D eigenvalue weighted by Gasteiger charge is 2.32. The average Bonchev–Trinajstić information content (AvgIpc) is 3.01. The molecular formula is C18H20NO2S. The number of thiophene rings is 1. The summed E-state index contributed by atoms with van der Waals surface area (Å²) in [5.74, 6) is -0.895. The lowest BCUT2D eigenvalue weighted by molar-refractivity contribution is 0.0697. The van der Waals surface area contributed by atoms with Crippen molar-refractivity contribution in [2.45, 2.75) is 44.1 Å². The molecule has 0 saturated heterocycles. The van der Waals surface area contributed by atoms with Crippen molar-refractivity contribution in [3.05, 3.63) is 52.2 Å². The first-order valence-corrected chi connectivity index (χ1v) is 8.60. The zero-order chi connectivity index (χ0) is 15.4. The molecule has 1 aromatic carbocycles. The molecule has 1 aromatic heterocycles. The zero-order valence-electron chi connectivity index (χ0n) is 12.5. The van der Waals surface area contributed by atoms with Crippen LogP contribution in [0.1, 0.15) is 47.3 Å². The fourth-order valence-electron chi connectivity index (χ4n) is 3.28. The quantitative estimate of drug-likeness (QED) is 0.847. The van der Waals surface area contributed by atoms with Crippen LogP contribution < -0.4 is 5.32 Å². The SMILES string of the molecule is O=C(O)c1cc[c]c(NC2(Cc3cccs3)CCCCC2)c1. The van der Waals surface area contributed by atoms with Crippen molar-refractivity contribution >= 4 is 23.0 Å². The Morgan fingerprint density at radius 3 is 2.82 bits per heavy atom. The van der Waals surface area contributed by atoms with Gasteiger partial charge in [-0.15, -0.1) is 11.3 Å². The summed E-state index contributed by atoms with van der Waals surface area (Å²) in [4.78, 5) is 12.5. The van der Waals surface area contributed by atoms with E-state index in [2.05, 4.69) is 28.9 Å². The van der Waals surface area contributed by atoms with Crippen molar-refractivity contribution in [1.29, 1.82) is 0 Å². The highest BCUT2D eigenvalue weighted by atomic mass is 32.1. The monoisotopic (exact) mass is 314 g/mol. The standard InChI is InChI=1S/C18H20NO2S/c20-17(21)14-6-4-7-15(12-14)19-18(9-2-1-3-10-18)13-16-8-5-11-22-16/h4-6,8,11-12,19H,1-3,9-10,13H2,(H,20,21). The molecule has 0 atom stereocenters. The molecule has 0 spiro atoms. The molecule has 3 nitrogen and oxygen atoms in total. The van der Waals surface area contributed by atoms with Gasteiger partial charge in [-0.25, -0.2) is 4.79 Å². The molecule has 2 aromatic rings. The van der Waals surface area contributed by atoms with Crippen molar-refractivity contribution in [1.82, 2.24) is 0 Å². The molecule has 1 heterocycles. The first-order valence-electron chi connectivity index (χ1n) is 7.73. The van der Waals surface area contributed by atoms with E-state index in [1.165, 1.54) is 24.1 Å². The van der Waals surface area contributed by atoms with Gasteiger partial charge in [0, 0.05) is 28.6 Å². The first-order chi connectivity index (χ1) is 10.7. The third-order valence-electron chi connectivity index (χ3n) is 4.35. The second-order valence-electron chi connectivity index (χ2n) is 6.02. The fourth-order valence-corrected chi connectivity index (χ4v) is 4.13. The van der Waals surface area contributed by atoms with E-state index in [-0.39, 0.29) is 5.54 Å². The molecule has 2 N–H and O–H groups in total. The van der Waals surface area contributed by atoms with E-state index in [0.29, 0.717) is 5.56 Å². The molecule has 1 fully saturated rings. The number of carbonyl (C=O) groups is 1. The predicted octanol–water partition coefficient (Wildman–Crippen LogP) is 4.60. The number of rotatable bonds is 5. The van der Waals surface area contributed by atoms with E-state index in [1.807, 2.05) is 0 Å². The van der Waals surface area contributed by atoms with Gasteiger partial charge >= 0.3 is 5.97 Å². The average molecular weight is 314 g/mol. The summed E-state index contributed by atoms with van der Waals surface area (Å²) in [6.45, 7) is 0. The maximum Gasteiger partial charge on any atom is 0.335 e. The Kier molecular flexibility index (Phi) is 4.48. The van der Waals surface area contributed by atoms with Gasteiger partial charge < -0.3 is 10.4 Å². The van der Waals surface area contributed by atoms with Gasteiger partial charge in [-0.1, -0.05) is 31.4 Å². The van der Waals surface area contributed by atoms with Crippen LogP contribution >= 0.6 is 11.3 Å². The third-order valence-corrected chi connectivity index (χ3v) is 5.23. The van der Waals surface area contributed by atoms with Crippen LogP contribution in [0.4, 0.5) is 5.69 Å². The van der Waals surface area contributed by atoms with E-state index in [9.17, 15) is 4.79 Å². The van der Waals surface area contributed by atoms with Crippen molar-refractivity contribution < 1.29 is 9.90 Å². The summed E-state index contributed by atoms with van der Waals surface area (Å²) >= 11 is 1.79. The van der Waals surface area contributed by atoms with Gasteiger partial charge in [-0.2, -0.15) is 0 Å². The van der Waals surface area contributed by atoms with Gasteiger partial charge in [-0.05, 0) is 36.4 Å². The van der Waals surface area contributed by atoms with Gasteiger partial charge in [0.05, 0.1) is 5.56 Å². The minimum absolute atomic E-state index is 0.0245. The van der Waals surface area contributed by atoms with Crippen LogP contribution in [0.25, 0.3) is 0 Å². The van der Waals surface area contributed by atoms with Gasteiger partial charge in [0.15, 0.2) is 0 Å². The van der Waals surface area contributed by atoms with E-state index in [4.69, 9.17) is 5.11 Å². The maximum absolute atomic E-state index is 11.1. The van der Waals surface area contributed by atoms with Crippen molar-refractivity contribution in [2.75, 3.05) is 5.32 Å². The lowest BCUT2D eigenvalue weighted by Gasteiger charge is -2.39. The molecule has 0 aliphatic heterocycles. The Balaban J connectivity index is 1.83. The number of carboxylic acids is 1. The van der Waals surface area contributed by atoms with Gasteiger partial charge in [0.2, 0.25) is 0 Å². The Morgan fingerprint density at radius 1 is 1.32 bits per heavy atom. The number of anilines is 1. The second kappa shape index (κ2) is 6.53. The van der Waals surface area contributed by atoms with Crippen LogP contribution in [-0.4, -0.2) is 16.6 Å². The molecule has 22 heavy (non-hydrogen) atoms. The van der Waals surface area contributed by atoms with Gasteiger partial charge in [-0.3, -0.25) is 0 Å². The molecule has 4 heteroatoms. The highest BCUT2D eigenvalue weighted by molar-refractivity contribution is 7.09. The molecule has 1 radical (unpaired) electrons. The second-order valence-corrected chi connectivity index (χ2v) is 7.05. The molecule has 115 valence electrons. The minimum atomic E-state index is -0.895. The summed E-state index contributed by atoms with van der Waals surface area (Å²) in [6.07, 6.45) is 6.96. The van der Waals surface area contributed by atoms with Crippen LogP contribution in [0.15, 0.2) is 35.7 Å². The molecule has 1 saturated carbocycles. The summed E-state index contributed by atoms with van der Waals surface area (Å²) in [7, 11) is 0. The zero-order valence-corrected chi connectivity index (χ0v) is 13.3. The molecule has 0 amide bonds. The van der Waals surface area contributed by atoms with Gasteiger partial charge in [0.25, 0.3) is 0 Å². The normalized spacial score (nSPS) is 17.1. The van der Waals surface area contributed by atoms with Crippen molar-refractivity contribution in [2.24, 2.45) is 0 Å². The number of aromatic carboxylic acids is 1. The molecule has 0 unspecified atom stereocenters. The third kappa shape index (κ3) is 3.50. The fraction of sp³-hybridized carbons (Fsp3) is 0.389. The van der Waals surface area contributed by atoms with E-state index < -0.39 is 5.97 Å². The van der Waals surface area contributed by atoms with Crippen molar-refractivity contribution in [3.8, 4) is 0 Å². The van der Waals surface area contributed by atoms with E-state index >= 15 is 0 Å². The van der Waals surface area contributed by atoms with E-state index in [1.54, 1.807) is 29.5 Å². The number of hydrogen-bond donors (Lipinski definition) is 2. The maximum atomic E-state index is 11.1. The Labute approximate surface area is 135 Å². The lowest BCUT2D eigenvalue weighted by atomic mass is 9.78. The molecular weight excluding hydrogens is 294 g/mol. The molecule has 1 aliphatic carbocycles. The number of carboxylic acid groups (broad SMARTS) is 1. The summed E-state index contributed by atoms with van der Waals surface area (Å²) in [6, 6.07) is 12.4. The topological polar surface area (TPSA) is 49.3 Å². The summed E-state index contributed by atoms with van der Waals surface area (Å²) in [5.41, 5.74) is 1.12.